The van der Waals surface area contributed by atoms with Gasteiger partial charge in [-0.2, -0.15) is 0 Å². The maximum atomic E-state index is 13.2. The molecule has 1 aliphatic heterocycles. The number of nitrogens with zero attached hydrogens (tertiary/aromatic N) is 1. The van der Waals surface area contributed by atoms with E-state index in [1.54, 1.807) is 49.6 Å². The molecule has 1 N–H and O–H groups in total. The Balaban J connectivity index is 1.93. The molecule has 1 saturated heterocycles. The third-order valence-corrected chi connectivity index (χ3v) is 6.19. The highest BCUT2D eigenvalue weighted by Crippen LogP contribution is 2.46. The van der Waals surface area contributed by atoms with Gasteiger partial charge in [0.2, 0.25) is 0 Å². The van der Waals surface area contributed by atoms with Crippen LogP contribution in [0, 0.1) is 6.92 Å². The Kier molecular flexibility index (Phi) is 5.52. The zero-order valence-corrected chi connectivity index (χ0v) is 18.1. The van der Waals surface area contributed by atoms with E-state index >= 15 is 0 Å². The summed E-state index contributed by atoms with van der Waals surface area (Å²) in [5, 5.41) is 13.0. The van der Waals surface area contributed by atoms with Crippen LogP contribution in [0.15, 0.2) is 65.6 Å². The molecule has 0 aliphatic carbocycles. The third kappa shape index (κ3) is 3.47. The number of hydrogen-bond donors (Lipinski definition) is 1. The number of rotatable bonds is 5. The summed E-state index contributed by atoms with van der Waals surface area (Å²) in [5.74, 6) is -0.545. The summed E-state index contributed by atoms with van der Waals surface area (Å²) >= 11 is 1.41. The number of aryl methyl sites for hydroxylation is 1. The standard InChI is InChI=1S/C24H21NO5S/c1-14-13-15(10-11-17(14)29-2)22(26)20-21(19-9-6-12-31-19)25(24(28)23(20)27)16-7-4-5-8-18(16)30-3/h4-13,21,26H,1-3H3/b22-20-. The fourth-order valence-corrected chi connectivity index (χ4v) is 4.63. The minimum absolute atomic E-state index is 0.0444. The molecule has 3 aromatic rings. The quantitative estimate of drug-likeness (QED) is 0.357. The summed E-state index contributed by atoms with van der Waals surface area (Å²) in [4.78, 5) is 28.5. The van der Waals surface area contributed by atoms with E-state index in [2.05, 4.69) is 0 Å². The predicted octanol–water partition coefficient (Wildman–Crippen LogP) is 4.70. The molecule has 4 rings (SSSR count). The van der Waals surface area contributed by atoms with Crippen molar-refractivity contribution >= 4 is 34.5 Å². The van der Waals surface area contributed by atoms with Gasteiger partial charge in [-0.05, 0) is 54.3 Å². The number of para-hydroxylation sites is 2. The van der Waals surface area contributed by atoms with Gasteiger partial charge in [0, 0.05) is 10.4 Å². The molecule has 0 saturated carbocycles. The van der Waals surface area contributed by atoms with Crippen LogP contribution in [0.1, 0.15) is 22.0 Å². The Morgan fingerprint density at radius 2 is 1.74 bits per heavy atom. The van der Waals surface area contributed by atoms with Crippen LogP contribution >= 0.6 is 11.3 Å². The fraction of sp³-hybridized carbons (Fsp3) is 0.167. The fourth-order valence-electron chi connectivity index (χ4n) is 3.81. The summed E-state index contributed by atoms with van der Waals surface area (Å²) in [6.07, 6.45) is 0. The predicted molar refractivity (Wildman–Crippen MR) is 120 cm³/mol. The lowest BCUT2D eigenvalue weighted by atomic mass is 9.98. The number of amides is 1. The summed E-state index contributed by atoms with van der Waals surface area (Å²) in [6.45, 7) is 1.85. The molecular weight excluding hydrogens is 414 g/mol. The SMILES string of the molecule is COc1ccc(/C(O)=C2/C(=O)C(=O)N(c3ccccc3OC)C2c2cccs2)cc1C. The first-order valence-electron chi connectivity index (χ1n) is 9.60. The Labute approximate surface area is 184 Å². The molecule has 1 fully saturated rings. The maximum absolute atomic E-state index is 13.2. The van der Waals surface area contributed by atoms with Gasteiger partial charge in [0.15, 0.2) is 0 Å². The number of hydrogen-bond acceptors (Lipinski definition) is 6. The summed E-state index contributed by atoms with van der Waals surface area (Å²) in [5.41, 5.74) is 1.76. The van der Waals surface area contributed by atoms with Gasteiger partial charge in [0.25, 0.3) is 11.7 Å². The smallest absolute Gasteiger partial charge is 0.300 e. The van der Waals surface area contributed by atoms with Crippen LogP contribution in [0.5, 0.6) is 11.5 Å². The van der Waals surface area contributed by atoms with Gasteiger partial charge in [0.05, 0.1) is 25.5 Å². The molecule has 2 heterocycles. The van der Waals surface area contributed by atoms with Crippen molar-refractivity contribution in [2.75, 3.05) is 19.1 Å². The number of ether oxygens (including phenoxy) is 2. The minimum Gasteiger partial charge on any atom is -0.507 e. The number of carbonyl (C=O) groups is 2. The van der Waals surface area contributed by atoms with Crippen LogP contribution in [-0.2, 0) is 9.59 Å². The normalized spacial score (nSPS) is 17.8. The number of carbonyl (C=O) groups excluding carboxylic acids is 2. The van der Waals surface area contributed by atoms with Gasteiger partial charge < -0.3 is 14.6 Å². The van der Waals surface area contributed by atoms with Crippen LogP contribution in [0.4, 0.5) is 5.69 Å². The first kappa shape index (κ1) is 20.7. The lowest BCUT2D eigenvalue weighted by molar-refractivity contribution is -0.132. The monoisotopic (exact) mass is 435 g/mol. The second-order valence-electron chi connectivity index (χ2n) is 7.04. The van der Waals surface area contributed by atoms with E-state index in [-0.39, 0.29) is 11.3 Å². The van der Waals surface area contributed by atoms with Crippen LogP contribution in [0.2, 0.25) is 0 Å². The van der Waals surface area contributed by atoms with Crippen molar-refractivity contribution in [2.24, 2.45) is 0 Å². The van der Waals surface area contributed by atoms with E-state index in [4.69, 9.17) is 9.47 Å². The molecular formula is C24H21NO5S. The molecule has 1 atom stereocenters. The Morgan fingerprint density at radius 3 is 2.39 bits per heavy atom. The average molecular weight is 436 g/mol. The molecule has 1 aliphatic rings. The van der Waals surface area contributed by atoms with E-state index in [1.165, 1.54) is 23.3 Å². The molecule has 2 aromatic carbocycles. The van der Waals surface area contributed by atoms with Crippen molar-refractivity contribution < 1.29 is 24.2 Å². The van der Waals surface area contributed by atoms with E-state index in [0.29, 0.717) is 22.7 Å². The second-order valence-corrected chi connectivity index (χ2v) is 8.02. The minimum atomic E-state index is -0.765. The van der Waals surface area contributed by atoms with Crippen molar-refractivity contribution in [3.8, 4) is 11.5 Å². The van der Waals surface area contributed by atoms with Crippen LogP contribution in [-0.4, -0.2) is 31.0 Å². The lowest BCUT2D eigenvalue weighted by Crippen LogP contribution is -2.29. The van der Waals surface area contributed by atoms with Crippen molar-refractivity contribution in [1.29, 1.82) is 0 Å². The lowest BCUT2D eigenvalue weighted by Gasteiger charge is -2.25. The number of benzene rings is 2. The third-order valence-electron chi connectivity index (χ3n) is 5.27. The van der Waals surface area contributed by atoms with Gasteiger partial charge in [-0.3, -0.25) is 14.5 Å². The Hall–Kier alpha value is -3.58. The summed E-state index contributed by atoms with van der Waals surface area (Å²) in [6, 6.07) is 15.1. The van der Waals surface area contributed by atoms with E-state index < -0.39 is 17.7 Å². The molecule has 1 amide bonds. The van der Waals surface area contributed by atoms with Crippen molar-refractivity contribution in [3.05, 3.63) is 81.6 Å². The summed E-state index contributed by atoms with van der Waals surface area (Å²) in [7, 11) is 3.08. The molecule has 0 spiro atoms. The maximum Gasteiger partial charge on any atom is 0.300 e. The number of anilines is 1. The van der Waals surface area contributed by atoms with Crippen LogP contribution in [0.3, 0.4) is 0 Å². The number of aliphatic hydroxyl groups excluding tert-OH is 1. The number of thiophene rings is 1. The average Bonchev–Trinajstić information content (AvgIpc) is 3.40. The van der Waals surface area contributed by atoms with Gasteiger partial charge in [-0.15, -0.1) is 11.3 Å². The van der Waals surface area contributed by atoms with Gasteiger partial charge in [0.1, 0.15) is 23.3 Å². The second kappa shape index (κ2) is 8.28. The highest BCUT2D eigenvalue weighted by atomic mass is 32.1. The van der Waals surface area contributed by atoms with Crippen molar-refractivity contribution in [3.63, 3.8) is 0 Å². The van der Waals surface area contributed by atoms with Gasteiger partial charge in [-0.1, -0.05) is 18.2 Å². The number of aliphatic hydroxyl groups is 1. The zero-order chi connectivity index (χ0) is 22.1. The molecule has 1 unspecified atom stereocenters. The molecule has 6 nitrogen and oxygen atoms in total. The number of Topliss-reactive ketones (excluding diaryl/α,β-unsaturated/α-hetero) is 1. The highest BCUT2D eigenvalue weighted by Gasteiger charge is 2.48. The first-order chi connectivity index (χ1) is 15.0. The van der Waals surface area contributed by atoms with E-state index in [9.17, 15) is 14.7 Å². The molecule has 7 heteroatoms. The number of methoxy groups -OCH3 is 2. The molecule has 31 heavy (non-hydrogen) atoms. The van der Waals surface area contributed by atoms with E-state index in [0.717, 1.165) is 10.4 Å². The molecule has 1 aromatic heterocycles. The van der Waals surface area contributed by atoms with E-state index in [1.807, 2.05) is 24.4 Å². The topological polar surface area (TPSA) is 76.1 Å². The van der Waals surface area contributed by atoms with Crippen molar-refractivity contribution in [2.45, 2.75) is 13.0 Å². The molecule has 158 valence electrons. The molecule has 0 bridgehead atoms. The van der Waals surface area contributed by atoms with Crippen LogP contribution < -0.4 is 14.4 Å². The van der Waals surface area contributed by atoms with Crippen molar-refractivity contribution in [1.82, 2.24) is 0 Å². The van der Waals surface area contributed by atoms with Crippen LogP contribution in [0.25, 0.3) is 5.76 Å². The van der Waals surface area contributed by atoms with Gasteiger partial charge in [-0.25, -0.2) is 0 Å². The number of ketones is 1. The van der Waals surface area contributed by atoms with Gasteiger partial charge >= 0.3 is 0 Å². The summed E-state index contributed by atoms with van der Waals surface area (Å²) < 4.78 is 10.7. The first-order valence-corrected chi connectivity index (χ1v) is 10.5. The largest absolute Gasteiger partial charge is 0.507 e. The Bertz CT molecular complexity index is 1180. The molecule has 0 radical (unpaired) electrons. The highest BCUT2D eigenvalue weighted by molar-refractivity contribution is 7.10. The zero-order valence-electron chi connectivity index (χ0n) is 17.3. The Morgan fingerprint density at radius 1 is 1.00 bits per heavy atom.